The topological polar surface area (TPSA) is 135 Å². The fourth-order valence-corrected chi connectivity index (χ4v) is 6.88. The van der Waals surface area contributed by atoms with E-state index >= 15 is 0 Å². The summed E-state index contributed by atoms with van der Waals surface area (Å²) < 4.78 is 0. The summed E-state index contributed by atoms with van der Waals surface area (Å²) in [4.78, 5) is 49.4. The zero-order valence-electron chi connectivity index (χ0n) is 27.6. The van der Waals surface area contributed by atoms with Gasteiger partial charge in [0.2, 0.25) is 0 Å². The van der Waals surface area contributed by atoms with Crippen LogP contribution in [0.1, 0.15) is 113 Å². The van der Waals surface area contributed by atoms with Crippen LogP contribution < -0.4 is 5.32 Å². The monoisotopic (exact) mass is 613 g/mol. The molecule has 45 heavy (non-hydrogen) atoms. The van der Waals surface area contributed by atoms with Crippen molar-refractivity contribution in [2.45, 2.75) is 91.3 Å². The van der Waals surface area contributed by atoms with Crippen molar-refractivity contribution in [1.29, 1.82) is 5.41 Å². The third-order valence-corrected chi connectivity index (χ3v) is 9.56. The predicted octanol–water partition coefficient (Wildman–Crippen LogP) is 6.43. The van der Waals surface area contributed by atoms with E-state index in [9.17, 15) is 14.4 Å². The molecule has 2 aliphatic rings. The molecular formula is C36H47N5O4. The first-order valence-electron chi connectivity index (χ1n) is 15.8. The van der Waals surface area contributed by atoms with Crippen molar-refractivity contribution in [3.63, 3.8) is 0 Å². The lowest BCUT2D eigenvalue weighted by atomic mass is 9.69. The molecule has 2 amide bonds. The van der Waals surface area contributed by atoms with Crippen LogP contribution in [0.4, 0.5) is 0 Å². The molecule has 1 fully saturated rings. The molecule has 0 radical (unpaired) electrons. The standard InChI is InChI=1S/C36H47N5O4/c1-22(37)31(23(2)38-7)27-9-8-10-28(21-27)32-34(45)41(36(40-32)18-15-29(16-19-36)35(4,5)6)24(3)25-11-13-26(14-12-25)33(44)39-20-17-30(42)43/h8-14,21,24,29,31,37H,15-20H2,1-7H3,(H,39,44)(H,42,43)/t24-,29?,31?,36?/m1/s1. The molecular weight excluding hydrogens is 566 g/mol. The predicted molar refractivity (Wildman–Crippen MR) is 179 cm³/mol. The molecule has 3 N–H and O–H groups in total. The lowest BCUT2D eigenvalue weighted by molar-refractivity contribution is -0.137. The molecule has 0 aromatic heterocycles. The highest BCUT2D eigenvalue weighted by Crippen LogP contribution is 2.49. The van der Waals surface area contributed by atoms with Gasteiger partial charge in [-0.1, -0.05) is 51.1 Å². The fraction of sp³-hybridized carbons (Fsp3) is 0.500. The molecule has 9 heteroatoms. The zero-order valence-corrected chi connectivity index (χ0v) is 27.6. The van der Waals surface area contributed by atoms with Crippen molar-refractivity contribution in [2.75, 3.05) is 13.6 Å². The van der Waals surface area contributed by atoms with E-state index < -0.39 is 11.6 Å². The second-order valence-corrected chi connectivity index (χ2v) is 13.6. The van der Waals surface area contributed by atoms with E-state index in [1.165, 1.54) is 0 Å². The third kappa shape index (κ3) is 7.24. The van der Waals surface area contributed by atoms with Gasteiger partial charge in [-0.05, 0) is 87.1 Å². The summed E-state index contributed by atoms with van der Waals surface area (Å²) >= 11 is 0. The van der Waals surface area contributed by atoms with E-state index in [2.05, 4.69) is 31.1 Å². The summed E-state index contributed by atoms with van der Waals surface area (Å²) in [6, 6.07) is 14.7. The van der Waals surface area contributed by atoms with E-state index in [4.69, 9.17) is 15.5 Å². The number of carboxylic acids is 1. The molecule has 9 nitrogen and oxygen atoms in total. The van der Waals surface area contributed by atoms with Crippen LogP contribution in [0.25, 0.3) is 0 Å². The number of carbonyl (C=O) groups is 3. The second kappa shape index (κ2) is 13.5. The number of hydrogen-bond acceptors (Lipinski definition) is 6. The minimum atomic E-state index is -0.969. The largest absolute Gasteiger partial charge is 0.481 e. The van der Waals surface area contributed by atoms with Crippen LogP contribution in [0.15, 0.2) is 58.5 Å². The molecule has 2 aromatic rings. The molecule has 1 spiro atoms. The van der Waals surface area contributed by atoms with E-state index in [0.29, 0.717) is 22.9 Å². The maximum atomic E-state index is 14.4. The minimum Gasteiger partial charge on any atom is -0.481 e. The summed E-state index contributed by atoms with van der Waals surface area (Å²) in [6.07, 6.45) is 3.32. The maximum Gasteiger partial charge on any atom is 0.305 e. The Morgan fingerprint density at radius 1 is 1.11 bits per heavy atom. The van der Waals surface area contributed by atoms with Crippen LogP contribution in [-0.4, -0.2) is 64.2 Å². The summed E-state index contributed by atoms with van der Waals surface area (Å²) in [7, 11) is 1.73. The molecule has 1 heterocycles. The average Bonchev–Trinajstić information content (AvgIpc) is 3.27. The lowest BCUT2D eigenvalue weighted by Crippen LogP contribution is -2.50. The Balaban J connectivity index is 1.68. The van der Waals surface area contributed by atoms with Gasteiger partial charge >= 0.3 is 5.97 Å². The maximum absolute atomic E-state index is 14.4. The van der Waals surface area contributed by atoms with Crippen LogP contribution in [0.3, 0.4) is 0 Å². The average molecular weight is 614 g/mol. The van der Waals surface area contributed by atoms with Gasteiger partial charge in [0.1, 0.15) is 11.4 Å². The Labute approximate surface area is 266 Å². The van der Waals surface area contributed by atoms with Gasteiger partial charge < -0.3 is 20.7 Å². The van der Waals surface area contributed by atoms with Crippen LogP contribution in [0.5, 0.6) is 0 Å². The summed E-state index contributed by atoms with van der Waals surface area (Å²) in [6.45, 7) is 12.6. The number of carbonyl (C=O) groups excluding carboxylic acids is 2. The fourth-order valence-electron chi connectivity index (χ4n) is 6.88. The molecule has 4 rings (SSSR count). The van der Waals surface area contributed by atoms with Crippen LogP contribution in [0, 0.1) is 16.7 Å². The minimum absolute atomic E-state index is 0.0545. The second-order valence-electron chi connectivity index (χ2n) is 13.6. The van der Waals surface area contributed by atoms with Gasteiger partial charge in [0.25, 0.3) is 11.8 Å². The van der Waals surface area contributed by atoms with Gasteiger partial charge in [-0.25, -0.2) is 0 Å². The Kier molecular flexibility index (Phi) is 10.1. The number of hydrogen-bond donors (Lipinski definition) is 3. The van der Waals surface area contributed by atoms with Crippen molar-refractivity contribution >= 4 is 34.9 Å². The number of nitrogens with zero attached hydrogens (tertiary/aromatic N) is 3. The highest BCUT2D eigenvalue weighted by molar-refractivity contribution is 6.46. The first-order chi connectivity index (χ1) is 21.2. The molecule has 2 atom stereocenters. The highest BCUT2D eigenvalue weighted by atomic mass is 16.4. The molecule has 1 aliphatic heterocycles. The number of rotatable bonds is 10. The van der Waals surface area contributed by atoms with E-state index in [1.54, 1.807) is 26.1 Å². The van der Waals surface area contributed by atoms with Gasteiger partial charge in [-0.3, -0.25) is 24.4 Å². The Morgan fingerprint density at radius 3 is 2.31 bits per heavy atom. The summed E-state index contributed by atoms with van der Waals surface area (Å²) in [5.74, 6) is -1.16. The molecule has 1 saturated carbocycles. The normalized spacial score (nSPS) is 21.8. The number of benzene rings is 2. The molecule has 1 unspecified atom stereocenters. The Hall–Kier alpha value is -4.14. The SMILES string of the molecule is CN=C(C)C(C(C)=N)c1cccc(C2=NC3(CCC(C(C)(C)C)CC3)N([C@H](C)c3ccc(C(=O)NCCC(=O)O)cc3)C2=O)c1. The highest BCUT2D eigenvalue weighted by Gasteiger charge is 2.52. The molecule has 240 valence electrons. The van der Waals surface area contributed by atoms with E-state index in [-0.39, 0.29) is 42.2 Å². The molecule has 1 aliphatic carbocycles. The Bertz CT molecular complexity index is 1510. The number of amides is 2. The van der Waals surface area contributed by atoms with Gasteiger partial charge in [0.05, 0.1) is 18.4 Å². The van der Waals surface area contributed by atoms with Crippen LogP contribution in [-0.2, 0) is 9.59 Å². The molecule has 0 bridgehead atoms. The van der Waals surface area contributed by atoms with Crippen molar-refractivity contribution in [2.24, 2.45) is 21.3 Å². The first-order valence-corrected chi connectivity index (χ1v) is 15.8. The quantitative estimate of drug-likeness (QED) is 0.266. The van der Waals surface area contributed by atoms with Crippen molar-refractivity contribution in [3.05, 3.63) is 70.8 Å². The van der Waals surface area contributed by atoms with Crippen LogP contribution >= 0.6 is 0 Å². The van der Waals surface area contributed by atoms with Gasteiger partial charge in [-0.2, -0.15) is 0 Å². The molecule has 0 saturated heterocycles. The zero-order chi connectivity index (χ0) is 33.1. The molecule has 2 aromatic carbocycles. The summed E-state index contributed by atoms with van der Waals surface area (Å²) in [5, 5.41) is 19.9. The van der Waals surface area contributed by atoms with E-state index in [0.717, 1.165) is 48.1 Å². The number of aliphatic imine (C=N–C) groups is 2. The number of aliphatic carboxylic acids is 1. The Morgan fingerprint density at radius 2 is 1.76 bits per heavy atom. The van der Waals surface area contributed by atoms with E-state index in [1.807, 2.05) is 55.1 Å². The number of nitrogens with one attached hydrogen (secondary N) is 2. The van der Waals surface area contributed by atoms with Crippen molar-refractivity contribution < 1.29 is 19.5 Å². The van der Waals surface area contributed by atoms with Gasteiger partial charge in [0, 0.05) is 36.1 Å². The lowest BCUT2D eigenvalue weighted by Gasteiger charge is -2.46. The first kappa shape index (κ1) is 33.7. The van der Waals surface area contributed by atoms with Crippen molar-refractivity contribution in [3.8, 4) is 0 Å². The third-order valence-electron chi connectivity index (χ3n) is 9.56. The number of carboxylic acid groups (broad SMARTS) is 1. The van der Waals surface area contributed by atoms with Gasteiger partial charge in [0.15, 0.2) is 0 Å². The van der Waals surface area contributed by atoms with Gasteiger partial charge in [-0.15, -0.1) is 0 Å². The summed E-state index contributed by atoms with van der Waals surface area (Å²) in [5.41, 5.74) is 4.24. The van der Waals surface area contributed by atoms with Crippen molar-refractivity contribution in [1.82, 2.24) is 10.2 Å². The van der Waals surface area contributed by atoms with Crippen LogP contribution in [0.2, 0.25) is 0 Å². The smallest absolute Gasteiger partial charge is 0.305 e.